The fourth-order valence-electron chi connectivity index (χ4n) is 1.83. The molecule has 1 aromatic heterocycles. The number of hydrogen-bond acceptors (Lipinski definition) is 4. The van der Waals surface area contributed by atoms with E-state index < -0.39 is 9.84 Å². The molecule has 0 N–H and O–H groups in total. The molecule has 1 aromatic carbocycles. The number of benzene rings is 1. The lowest BCUT2D eigenvalue weighted by Gasteiger charge is -2.07. The molecule has 96 valence electrons. The van der Waals surface area contributed by atoms with Gasteiger partial charge in [0.1, 0.15) is 11.8 Å². The van der Waals surface area contributed by atoms with Crippen molar-refractivity contribution < 1.29 is 8.42 Å². The summed E-state index contributed by atoms with van der Waals surface area (Å²) in [5.41, 5.74) is 1.50. The summed E-state index contributed by atoms with van der Waals surface area (Å²) in [6.07, 6.45) is 1.45. The number of rotatable bonds is 3. The van der Waals surface area contributed by atoms with Crippen LogP contribution in [0.15, 0.2) is 47.5 Å². The zero-order valence-corrected chi connectivity index (χ0v) is 11.2. The molecule has 0 saturated carbocycles. The first-order valence-electron chi connectivity index (χ1n) is 5.66. The molecule has 0 aliphatic heterocycles. The summed E-state index contributed by atoms with van der Waals surface area (Å²) in [7, 11) is -3.41. The SMILES string of the molecule is Cc1ccccc1S(=O)(=O)Cc1ccnc(C#N)c1. The number of pyridine rings is 1. The number of nitriles is 1. The molecule has 2 aromatic rings. The minimum atomic E-state index is -3.41. The van der Waals surface area contributed by atoms with Crippen LogP contribution in [0.25, 0.3) is 0 Å². The van der Waals surface area contributed by atoms with E-state index in [0.29, 0.717) is 10.5 Å². The third-order valence-electron chi connectivity index (χ3n) is 2.72. The number of aromatic nitrogens is 1. The van der Waals surface area contributed by atoms with Crippen molar-refractivity contribution in [2.45, 2.75) is 17.6 Å². The Morgan fingerprint density at radius 1 is 1.26 bits per heavy atom. The number of aryl methyl sites for hydroxylation is 1. The van der Waals surface area contributed by atoms with E-state index in [9.17, 15) is 8.42 Å². The van der Waals surface area contributed by atoms with Crippen LogP contribution in [0.5, 0.6) is 0 Å². The highest BCUT2D eigenvalue weighted by molar-refractivity contribution is 7.90. The molecule has 2 rings (SSSR count). The Morgan fingerprint density at radius 2 is 2.00 bits per heavy atom. The first-order chi connectivity index (χ1) is 9.03. The number of nitrogens with zero attached hydrogens (tertiary/aromatic N) is 2. The smallest absolute Gasteiger partial charge is 0.182 e. The summed E-state index contributed by atoms with van der Waals surface area (Å²) in [6, 6.07) is 11.9. The van der Waals surface area contributed by atoms with Crippen molar-refractivity contribution in [3.63, 3.8) is 0 Å². The van der Waals surface area contributed by atoms with Gasteiger partial charge in [0, 0.05) is 6.20 Å². The van der Waals surface area contributed by atoms with E-state index >= 15 is 0 Å². The molecule has 19 heavy (non-hydrogen) atoms. The molecule has 0 aliphatic rings. The van der Waals surface area contributed by atoms with Gasteiger partial charge >= 0.3 is 0 Å². The zero-order chi connectivity index (χ0) is 13.9. The molecule has 0 spiro atoms. The van der Waals surface area contributed by atoms with Gasteiger partial charge in [-0.2, -0.15) is 5.26 Å². The molecule has 0 bridgehead atoms. The Labute approximate surface area is 112 Å². The molecule has 0 fully saturated rings. The molecule has 0 amide bonds. The van der Waals surface area contributed by atoms with Gasteiger partial charge in [0.25, 0.3) is 0 Å². The van der Waals surface area contributed by atoms with Crippen LogP contribution in [-0.4, -0.2) is 13.4 Å². The molecular weight excluding hydrogens is 260 g/mol. The van der Waals surface area contributed by atoms with Crippen LogP contribution in [0, 0.1) is 18.3 Å². The van der Waals surface area contributed by atoms with Crippen molar-refractivity contribution in [2.24, 2.45) is 0 Å². The number of hydrogen-bond donors (Lipinski definition) is 0. The predicted octanol–water partition coefficient (Wildman–Crippen LogP) is 2.24. The minimum absolute atomic E-state index is 0.130. The Hall–Kier alpha value is -2.19. The predicted molar refractivity (Wildman–Crippen MR) is 71.0 cm³/mol. The lowest BCUT2D eigenvalue weighted by molar-refractivity contribution is 0.594. The van der Waals surface area contributed by atoms with Gasteiger partial charge in [-0.25, -0.2) is 13.4 Å². The van der Waals surface area contributed by atoms with Crippen molar-refractivity contribution in [1.82, 2.24) is 4.98 Å². The number of sulfone groups is 1. The van der Waals surface area contributed by atoms with E-state index in [4.69, 9.17) is 5.26 Å². The van der Waals surface area contributed by atoms with E-state index in [1.807, 2.05) is 6.07 Å². The van der Waals surface area contributed by atoms with Crippen molar-refractivity contribution in [3.8, 4) is 6.07 Å². The first kappa shape index (κ1) is 13.2. The molecule has 1 heterocycles. The van der Waals surface area contributed by atoms with Crippen molar-refractivity contribution in [3.05, 3.63) is 59.4 Å². The molecule has 0 unspecified atom stereocenters. The Kier molecular flexibility index (Phi) is 3.63. The van der Waals surface area contributed by atoms with E-state index in [1.165, 1.54) is 12.3 Å². The topological polar surface area (TPSA) is 70.8 Å². The van der Waals surface area contributed by atoms with Crippen LogP contribution >= 0.6 is 0 Å². The average Bonchev–Trinajstić information content (AvgIpc) is 2.38. The second-order valence-electron chi connectivity index (χ2n) is 4.19. The third kappa shape index (κ3) is 2.98. The van der Waals surface area contributed by atoms with Gasteiger partial charge in [-0.3, -0.25) is 0 Å². The fourth-order valence-corrected chi connectivity index (χ4v) is 3.45. The van der Waals surface area contributed by atoms with E-state index in [2.05, 4.69) is 4.98 Å². The summed E-state index contributed by atoms with van der Waals surface area (Å²) in [6.45, 7) is 1.76. The Balaban J connectivity index is 2.37. The summed E-state index contributed by atoms with van der Waals surface area (Å²) < 4.78 is 24.6. The Bertz CT molecular complexity index is 746. The van der Waals surface area contributed by atoms with Gasteiger partial charge in [-0.1, -0.05) is 18.2 Å². The molecule has 0 saturated heterocycles. The normalized spacial score (nSPS) is 10.9. The molecule has 4 nitrogen and oxygen atoms in total. The highest BCUT2D eigenvalue weighted by atomic mass is 32.2. The van der Waals surface area contributed by atoms with Gasteiger partial charge in [0.2, 0.25) is 0 Å². The minimum Gasteiger partial charge on any atom is -0.246 e. The van der Waals surface area contributed by atoms with Gasteiger partial charge in [0.15, 0.2) is 9.84 Å². The molecular formula is C14H12N2O2S. The molecule has 0 aliphatic carbocycles. The van der Waals surface area contributed by atoms with Crippen LogP contribution in [-0.2, 0) is 15.6 Å². The van der Waals surface area contributed by atoms with Gasteiger partial charge in [-0.05, 0) is 36.2 Å². The van der Waals surface area contributed by atoms with Crippen molar-refractivity contribution >= 4 is 9.84 Å². The monoisotopic (exact) mass is 272 g/mol. The average molecular weight is 272 g/mol. The van der Waals surface area contributed by atoms with Gasteiger partial charge in [-0.15, -0.1) is 0 Å². The maximum absolute atomic E-state index is 12.3. The second kappa shape index (κ2) is 5.21. The fraction of sp³-hybridized carbons (Fsp3) is 0.143. The van der Waals surface area contributed by atoms with Crippen LogP contribution in [0.3, 0.4) is 0 Å². The largest absolute Gasteiger partial charge is 0.246 e. The third-order valence-corrected chi connectivity index (χ3v) is 4.57. The molecule has 0 atom stereocenters. The van der Waals surface area contributed by atoms with Gasteiger partial charge < -0.3 is 0 Å². The standard InChI is InChI=1S/C14H12N2O2S/c1-11-4-2-3-5-14(11)19(17,18)10-12-6-7-16-13(8-12)9-15/h2-8H,10H2,1H3. The summed E-state index contributed by atoms with van der Waals surface area (Å²) in [5, 5.41) is 8.76. The summed E-state index contributed by atoms with van der Waals surface area (Å²) in [4.78, 5) is 4.15. The van der Waals surface area contributed by atoms with Crippen LogP contribution < -0.4 is 0 Å². The summed E-state index contributed by atoms with van der Waals surface area (Å²) in [5.74, 6) is -0.130. The van der Waals surface area contributed by atoms with E-state index in [0.717, 1.165) is 5.56 Å². The highest BCUT2D eigenvalue weighted by Gasteiger charge is 2.17. The zero-order valence-electron chi connectivity index (χ0n) is 10.4. The second-order valence-corrected chi connectivity index (χ2v) is 6.14. The van der Waals surface area contributed by atoms with Gasteiger partial charge in [0.05, 0.1) is 10.6 Å². The van der Waals surface area contributed by atoms with E-state index in [-0.39, 0.29) is 11.4 Å². The van der Waals surface area contributed by atoms with Crippen LogP contribution in [0.2, 0.25) is 0 Å². The van der Waals surface area contributed by atoms with E-state index in [1.54, 1.807) is 37.3 Å². The lowest BCUT2D eigenvalue weighted by Crippen LogP contribution is -2.07. The maximum atomic E-state index is 12.3. The molecule has 0 radical (unpaired) electrons. The highest BCUT2D eigenvalue weighted by Crippen LogP contribution is 2.19. The molecule has 5 heteroatoms. The van der Waals surface area contributed by atoms with Crippen LogP contribution in [0.1, 0.15) is 16.8 Å². The Morgan fingerprint density at radius 3 is 2.68 bits per heavy atom. The van der Waals surface area contributed by atoms with Crippen molar-refractivity contribution in [2.75, 3.05) is 0 Å². The lowest BCUT2D eigenvalue weighted by atomic mass is 10.2. The van der Waals surface area contributed by atoms with Crippen molar-refractivity contribution in [1.29, 1.82) is 5.26 Å². The summed E-state index contributed by atoms with van der Waals surface area (Å²) >= 11 is 0. The first-order valence-corrected chi connectivity index (χ1v) is 7.31. The maximum Gasteiger partial charge on any atom is 0.182 e. The quantitative estimate of drug-likeness (QED) is 0.859. The van der Waals surface area contributed by atoms with Crippen LogP contribution in [0.4, 0.5) is 0 Å².